The summed E-state index contributed by atoms with van der Waals surface area (Å²) in [7, 11) is 1.82. The number of hydrogen-bond donors (Lipinski definition) is 2. The summed E-state index contributed by atoms with van der Waals surface area (Å²) in [6, 6.07) is -0.488. The normalized spacial score (nSPS) is 18.9. The second-order valence-electron chi connectivity index (χ2n) is 7.56. The van der Waals surface area contributed by atoms with Gasteiger partial charge >= 0.3 is 0 Å². The van der Waals surface area contributed by atoms with Crippen LogP contribution >= 0.6 is 0 Å². The molecule has 1 aliphatic rings. The topological polar surface area (TPSA) is 106 Å². The summed E-state index contributed by atoms with van der Waals surface area (Å²) in [4.78, 5) is 26.8. The zero-order chi connectivity index (χ0) is 21.4. The van der Waals surface area contributed by atoms with Crippen molar-refractivity contribution in [3.63, 3.8) is 0 Å². The molecule has 1 saturated heterocycles. The van der Waals surface area contributed by atoms with Crippen LogP contribution in [0.2, 0.25) is 0 Å². The standard InChI is InChI=1S/C19H24FN9O/c1-5-15(30)28-8-13(20)14(9-28)24-19-25-17(23-12-6-22-27(4)7-12)16-18(26-19)29(10-21-16)11(2)3/h5-7,10-11,13-14H,1,8-9H2,2-4H3,(H2,23,24,25,26)/t13-,14-/m1/s1. The van der Waals surface area contributed by atoms with Gasteiger partial charge in [-0.2, -0.15) is 15.1 Å². The number of imidazole rings is 1. The first-order valence-corrected chi connectivity index (χ1v) is 9.68. The van der Waals surface area contributed by atoms with Crippen LogP contribution in [-0.4, -0.2) is 65.4 Å². The molecule has 0 spiro atoms. The first-order chi connectivity index (χ1) is 14.4. The number of halogens is 1. The van der Waals surface area contributed by atoms with Gasteiger partial charge in [0, 0.05) is 25.8 Å². The fourth-order valence-electron chi connectivity index (χ4n) is 3.44. The molecule has 4 rings (SSSR count). The Balaban J connectivity index is 1.68. The molecular formula is C19H24FN9O. The molecule has 0 aromatic carbocycles. The predicted octanol–water partition coefficient (Wildman–Crippen LogP) is 2.03. The first-order valence-electron chi connectivity index (χ1n) is 9.68. The summed E-state index contributed by atoms with van der Waals surface area (Å²) in [6.45, 7) is 7.73. The maximum atomic E-state index is 14.5. The molecule has 0 bridgehead atoms. The van der Waals surface area contributed by atoms with E-state index in [1.54, 1.807) is 17.2 Å². The summed E-state index contributed by atoms with van der Waals surface area (Å²) in [5, 5.41) is 10.4. The molecule has 1 aliphatic heterocycles. The minimum atomic E-state index is -1.24. The number of alkyl halides is 1. The fourth-order valence-corrected chi connectivity index (χ4v) is 3.44. The minimum absolute atomic E-state index is 0.00941. The second-order valence-corrected chi connectivity index (χ2v) is 7.56. The average Bonchev–Trinajstić information content (AvgIpc) is 3.40. The number of anilines is 3. The van der Waals surface area contributed by atoms with Crippen molar-refractivity contribution in [1.29, 1.82) is 0 Å². The third-order valence-corrected chi connectivity index (χ3v) is 4.99. The second kappa shape index (κ2) is 7.73. The number of carbonyl (C=O) groups excluding carboxylic acids is 1. The summed E-state index contributed by atoms with van der Waals surface area (Å²) in [5.74, 6) is 0.453. The fraction of sp³-hybridized carbons (Fsp3) is 0.421. The van der Waals surface area contributed by atoms with Crippen molar-refractivity contribution in [2.45, 2.75) is 32.1 Å². The van der Waals surface area contributed by atoms with E-state index >= 15 is 0 Å². The van der Waals surface area contributed by atoms with Crippen LogP contribution in [0.4, 0.5) is 21.8 Å². The number of nitrogens with one attached hydrogen (secondary N) is 2. The Morgan fingerprint density at radius 2 is 2.17 bits per heavy atom. The van der Waals surface area contributed by atoms with Crippen molar-refractivity contribution in [3.8, 4) is 0 Å². The van der Waals surface area contributed by atoms with Gasteiger partial charge in [-0.25, -0.2) is 9.37 Å². The van der Waals surface area contributed by atoms with Crippen LogP contribution in [0.25, 0.3) is 11.2 Å². The van der Waals surface area contributed by atoms with E-state index in [-0.39, 0.29) is 31.0 Å². The number of aryl methyl sites for hydroxylation is 1. The smallest absolute Gasteiger partial charge is 0.246 e. The van der Waals surface area contributed by atoms with Gasteiger partial charge in [0.2, 0.25) is 11.9 Å². The summed E-state index contributed by atoms with van der Waals surface area (Å²) in [5.41, 5.74) is 1.97. The van der Waals surface area contributed by atoms with Gasteiger partial charge in [-0.1, -0.05) is 6.58 Å². The molecule has 10 nitrogen and oxygen atoms in total. The summed E-state index contributed by atoms with van der Waals surface area (Å²) in [6.07, 6.45) is 5.15. The van der Waals surface area contributed by atoms with Gasteiger partial charge in [0.25, 0.3) is 0 Å². The Bertz CT molecular complexity index is 1090. The van der Waals surface area contributed by atoms with Crippen molar-refractivity contribution in [1.82, 2.24) is 34.2 Å². The summed E-state index contributed by atoms with van der Waals surface area (Å²) >= 11 is 0. The first kappa shape index (κ1) is 19.8. The van der Waals surface area contributed by atoms with Crippen molar-refractivity contribution < 1.29 is 9.18 Å². The van der Waals surface area contributed by atoms with Crippen molar-refractivity contribution >= 4 is 34.5 Å². The zero-order valence-corrected chi connectivity index (χ0v) is 17.1. The SMILES string of the molecule is C=CC(=O)N1C[C@@H](F)[C@H](Nc2nc(Nc3cnn(C)c3)c3ncn(C(C)C)c3n2)C1. The van der Waals surface area contributed by atoms with Crippen LogP contribution in [0.5, 0.6) is 0 Å². The molecule has 2 N–H and O–H groups in total. The number of amides is 1. The molecule has 11 heteroatoms. The highest BCUT2D eigenvalue weighted by molar-refractivity contribution is 5.88. The zero-order valence-electron chi connectivity index (χ0n) is 17.1. The molecule has 30 heavy (non-hydrogen) atoms. The van der Waals surface area contributed by atoms with Gasteiger partial charge < -0.3 is 20.1 Å². The van der Waals surface area contributed by atoms with Crippen molar-refractivity contribution in [2.24, 2.45) is 7.05 Å². The van der Waals surface area contributed by atoms with Crippen molar-refractivity contribution in [2.75, 3.05) is 23.7 Å². The molecule has 3 aromatic rings. The molecule has 4 heterocycles. The Kier molecular flexibility index (Phi) is 5.10. The van der Waals surface area contributed by atoms with E-state index in [4.69, 9.17) is 0 Å². The lowest BCUT2D eigenvalue weighted by atomic mass is 10.2. The molecule has 1 amide bonds. The third kappa shape index (κ3) is 3.70. The molecule has 2 atom stereocenters. The Labute approximate surface area is 172 Å². The Hall–Kier alpha value is -3.50. The maximum absolute atomic E-state index is 14.5. The lowest BCUT2D eigenvalue weighted by molar-refractivity contribution is -0.125. The van der Waals surface area contributed by atoms with Gasteiger partial charge in [0.1, 0.15) is 6.17 Å². The third-order valence-electron chi connectivity index (χ3n) is 4.99. The van der Waals surface area contributed by atoms with Crippen molar-refractivity contribution in [3.05, 3.63) is 31.4 Å². The average molecular weight is 413 g/mol. The van der Waals surface area contributed by atoms with Crippen LogP contribution in [0.1, 0.15) is 19.9 Å². The molecule has 0 aliphatic carbocycles. The number of carbonyl (C=O) groups is 1. The van der Waals surface area contributed by atoms with Gasteiger partial charge in [-0.05, 0) is 19.9 Å². The van der Waals surface area contributed by atoms with Gasteiger partial charge in [-0.15, -0.1) is 0 Å². The van der Waals surface area contributed by atoms with E-state index in [1.165, 1.54) is 11.0 Å². The molecule has 0 unspecified atom stereocenters. The largest absolute Gasteiger partial charge is 0.347 e. The van der Waals surface area contributed by atoms with E-state index in [0.29, 0.717) is 17.0 Å². The van der Waals surface area contributed by atoms with Gasteiger partial charge in [0.15, 0.2) is 17.0 Å². The highest BCUT2D eigenvalue weighted by Crippen LogP contribution is 2.27. The van der Waals surface area contributed by atoms with Crippen LogP contribution in [0.3, 0.4) is 0 Å². The monoisotopic (exact) mass is 413 g/mol. The van der Waals surface area contributed by atoms with E-state index in [9.17, 15) is 9.18 Å². The van der Waals surface area contributed by atoms with E-state index in [0.717, 1.165) is 5.69 Å². The Morgan fingerprint density at radius 3 is 2.83 bits per heavy atom. The van der Waals surface area contributed by atoms with Crippen LogP contribution in [-0.2, 0) is 11.8 Å². The number of hydrogen-bond acceptors (Lipinski definition) is 7. The molecule has 158 valence electrons. The van der Waals surface area contributed by atoms with Gasteiger partial charge in [-0.3, -0.25) is 9.48 Å². The molecule has 3 aromatic heterocycles. The van der Waals surface area contributed by atoms with E-state index in [2.05, 4.69) is 37.3 Å². The summed E-state index contributed by atoms with van der Waals surface area (Å²) < 4.78 is 18.1. The van der Waals surface area contributed by atoms with E-state index < -0.39 is 12.2 Å². The Morgan fingerprint density at radius 1 is 1.37 bits per heavy atom. The molecule has 0 radical (unpaired) electrons. The number of fused-ring (bicyclic) bond motifs is 1. The number of likely N-dealkylation sites (tertiary alicyclic amines) is 1. The lowest BCUT2D eigenvalue weighted by Crippen LogP contribution is -2.32. The highest BCUT2D eigenvalue weighted by Gasteiger charge is 2.35. The maximum Gasteiger partial charge on any atom is 0.246 e. The van der Waals surface area contributed by atoms with Crippen LogP contribution in [0.15, 0.2) is 31.4 Å². The molecular weight excluding hydrogens is 389 g/mol. The van der Waals surface area contributed by atoms with Gasteiger partial charge in [0.05, 0.1) is 30.8 Å². The molecule has 1 fully saturated rings. The molecule has 0 saturated carbocycles. The number of aromatic nitrogens is 6. The van der Waals surface area contributed by atoms with E-state index in [1.807, 2.05) is 31.7 Å². The highest BCUT2D eigenvalue weighted by atomic mass is 19.1. The predicted molar refractivity (Wildman–Crippen MR) is 111 cm³/mol. The number of rotatable bonds is 6. The van der Waals surface area contributed by atoms with Crippen LogP contribution in [0, 0.1) is 0 Å². The lowest BCUT2D eigenvalue weighted by Gasteiger charge is -2.16. The number of nitrogens with zero attached hydrogens (tertiary/aromatic N) is 7. The van der Waals surface area contributed by atoms with Crippen LogP contribution < -0.4 is 10.6 Å². The quantitative estimate of drug-likeness (QED) is 0.596. The minimum Gasteiger partial charge on any atom is -0.347 e.